The molecule has 98 valence electrons. The Balaban J connectivity index is 2.43. The van der Waals surface area contributed by atoms with Crippen molar-refractivity contribution in [3.63, 3.8) is 0 Å². The van der Waals surface area contributed by atoms with Gasteiger partial charge in [-0.25, -0.2) is 0 Å². The van der Waals surface area contributed by atoms with Crippen LogP contribution in [0.5, 0.6) is 0 Å². The molecular weight excluding hydrogens is 238 g/mol. The van der Waals surface area contributed by atoms with Crippen molar-refractivity contribution in [2.24, 2.45) is 5.92 Å². The van der Waals surface area contributed by atoms with Gasteiger partial charge >= 0.3 is 5.97 Å². The molecule has 1 rings (SSSR count). The Labute approximate surface area is 107 Å². The minimum Gasteiger partial charge on any atom is -0.480 e. The molecule has 0 heterocycles. The summed E-state index contributed by atoms with van der Waals surface area (Å²) >= 11 is 1.56. The summed E-state index contributed by atoms with van der Waals surface area (Å²) in [6.45, 7) is 6.59. The largest absolute Gasteiger partial charge is 0.480 e. The van der Waals surface area contributed by atoms with Crippen LogP contribution < -0.4 is 0 Å². The van der Waals surface area contributed by atoms with E-state index in [1.54, 1.807) is 11.8 Å². The van der Waals surface area contributed by atoms with Gasteiger partial charge in [-0.15, -0.1) is 11.8 Å². The number of hydrogen-bond acceptors (Lipinski definition) is 3. The molecule has 0 aliphatic heterocycles. The molecule has 5 heteroatoms. The van der Waals surface area contributed by atoms with E-state index in [1.165, 1.54) is 4.90 Å². The van der Waals surface area contributed by atoms with Crippen LogP contribution in [0.15, 0.2) is 0 Å². The van der Waals surface area contributed by atoms with E-state index >= 15 is 0 Å². The predicted octanol–water partition coefficient (Wildman–Crippen LogP) is 1.84. The van der Waals surface area contributed by atoms with Crippen molar-refractivity contribution >= 4 is 23.6 Å². The van der Waals surface area contributed by atoms with Crippen molar-refractivity contribution in [1.29, 1.82) is 0 Å². The fourth-order valence-electron chi connectivity index (χ4n) is 1.40. The topological polar surface area (TPSA) is 57.6 Å². The lowest BCUT2D eigenvalue weighted by molar-refractivity contribution is -0.143. The smallest absolute Gasteiger partial charge is 0.323 e. The number of thioether (sulfide) groups is 1. The zero-order chi connectivity index (χ0) is 13.1. The molecule has 0 aromatic rings. The van der Waals surface area contributed by atoms with E-state index in [0.29, 0.717) is 18.2 Å². The van der Waals surface area contributed by atoms with Crippen LogP contribution in [-0.2, 0) is 9.59 Å². The molecule has 1 fully saturated rings. The highest BCUT2D eigenvalue weighted by Gasteiger charge is 2.28. The zero-order valence-corrected chi connectivity index (χ0v) is 11.5. The molecule has 0 radical (unpaired) electrons. The maximum Gasteiger partial charge on any atom is 0.323 e. The average Bonchev–Trinajstić information content (AvgIpc) is 2.95. The number of rotatable bonds is 6. The predicted molar refractivity (Wildman–Crippen MR) is 69.2 cm³/mol. The molecule has 0 aromatic heterocycles. The maximum absolute atomic E-state index is 11.9. The second-order valence-corrected chi connectivity index (χ2v) is 7.31. The first-order valence-corrected chi connectivity index (χ1v) is 6.90. The number of carboxylic acids is 1. The van der Waals surface area contributed by atoms with Gasteiger partial charge in [0.05, 0.1) is 5.75 Å². The summed E-state index contributed by atoms with van der Waals surface area (Å²) in [5, 5.41) is 8.79. The van der Waals surface area contributed by atoms with Crippen molar-refractivity contribution in [2.75, 3.05) is 18.8 Å². The second-order valence-electron chi connectivity index (χ2n) is 5.51. The number of carboxylic acid groups (broad SMARTS) is 1. The standard InChI is InChI=1S/C12H21NO3S/c1-12(2,3)17-8-10(14)13(7-11(15)16)6-9-4-5-9/h9H,4-8H2,1-3H3,(H,15,16). The summed E-state index contributed by atoms with van der Waals surface area (Å²) < 4.78 is 0.0319. The number of aliphatic carboxylic acids is 1. The van der Waals surface area contributed by atoms with E-state index in [0.717, 1.165) is 12.8 Å². The van der Waals surface area contributed by atoms with Crippen molar-refractivity contribution in [2.45, 2.75) is 38.4 Å². The summed E-state index contributed by atoms with van der Waals surface area (Å²) in [6.07, 6.45) is 2.24. The van der Waals surface area contributed by atoms with Crippen LogP contribution in [0.1, 0.15) is 33.6 Å². The summed E-state index contributed by atoms with van der Waals surface area (Å²) in [5.74, 6) is -0.0966. The average molecular weight is 259 g/mol. The highest BCUT2D eigenvalue weighted by molar-refractivity contribution is 8.01. The number of nitrogens with zero attached hydrogens (tertiary/aromatic N) is 1. The van der Waals surface area contributed by atoms with Gasteiger partial charge in [-0.05, 0) is 18.8 Å². The van der Waals surface area contributed by atoms with Gasteiger partial charge in [-0.1, -0.05) is 20.8 Å². The van der Waals surface area contributed by atoms with Crippen molar-refractivity contribution in [3.05, 3.63) is 0 Å². The molecule has 1 N–H and O–H groups in total. The fourth-order valence-corrected chi connectivity index (χ4v) is 2.14. The van der Waals surface area contributed by atoms with Crippen LogP contribution in [-0.4, -0.2) is 45.5 Å². The molecule has 4 nitrogen and oxygen atoms in total. The SMILES string of the molecule is CC(C)(C)SCC(=O)N(CC(=O)O)CC1CC1. The van der Waals surface area contributed by atoms with E-state index in [4.69, 9.17) is 5.11 Å². The molecule has 0 bridgehead atoms. The number of amides is 1. The third-order valence-corrected chi connectivity index (χ3v) is 3.74. The number of hydrogen-bond donors (Lipinski definition) is 1. The van der Waals surface area contributed by atoms with Crippen molar-refractivity contribution in [3.8, 4) is 0 Å². The van der Waals surface area contributed by atoms with Crippen LogP contribution in [0.3, 0.4) is 0 Å². The van der Waals surface area contributed by atoms with Crippen molar-refractivity contribution < 1.29 is 14.7 Å². The molecule has 0 atom stereocenters. The Hall–Kier alpha value is -0.710. The normalized spacial score (nSPS) is 15.7. The van der Waals surface area contributed by atoms with E-state index in [2.05, 4.69) is 0 Å². The van der Waals surface area contributed by atoms with Crippen molar-refractivity contribution in [1.82, 2.24) is 4.90 Å². The Morgan fingerprint density at radius 3 is 2.35 bits per heavy atom. The first-order chi connectivity index (χ1) is 7.78. The van der Waals surface area contributed by atoms with Crippen LogP contribution >= 0.6 is 11.8 Å². The Bertz CT molecular complexity index is 295. The number of carbonyl (C=O) groups is 2. The fraction of sp³-hybridized carbons (Fsp3) is 0.833. The summed E-state index contributed by atoms with van der Waals surface area (Å²) in [4.78, 5) is 24.1. The van der Waals surface area contributed by atoms with Gasteiger partial charge in [0.1, 0.15) is 6.54 Å². The van der Waals surface area contributed by atoms with E-state index in [-0.39, 0.29) is 17.2 Å². The third-order valence-electron chi connectivity index (χ3n) is 2.48. The van der Waals surface area contributed by atoms with Crippen LogP contribution in [0.4, 0.5) is 0 Å². The molecule has 0 saturated heterocycles. The highest BCUT2D eigenvalue weighted by atomic mass is 32.2. The van der Waals surface area contributed by atoms with Crippen LogP contribution in [0.2, 0.25) is 0 Å². The van der Waals surface area contributed by atoms with E-state index in [1.807, 2.05) is 20.8 Å². The number of carbonyl (C=O) groups excluding carboxylic acids is 1. The summed E-state index contributed by atoms with van der Waals surface area (Å²) in [7, 11) is 0. The molecule has 0 unspecified atom stereocenters. The maximum atomic E-state index is 11.9. The second kappa shape index (κ2) is 5.76. The lowest BCUT2D eigenvalue weighted by atomic mass is 10.3. The third kappa shape index (κ3) is 6.56. The molecule has 1 saturated carbocycles. The minimum absolute atomic E-state index is 0.0319. The highest BCUT2D eigenvalue weighted by Crippen LogP contribution is 2.30. The Morgan fingerprint density at radius 1 is 1.35 bits per heavy atom. The van der Waals surface area contributed by atoms with E-state index in [9.17, 15) is 9.59 Å². The van der Waals surface area contributed by atoms with Gasteiger partial charge in [0, 0.05) is 11.3 Å². The molecular formula is C12H21NO3S. The lowest BCUT2D eigenvalue weighted by Gasteiger charge is -2.23. The quantitative estimate of drug-likeness (QED) is 0.791. The Morgan fingerprint density at radius 2 is 1.94 bits per heavy atom. The Kier molecular flexibility index (Phi) is 4.86. The molecule has 0 aromatic carbocycles. The van der Waals surface area contributed by atoms with E-state index < -0.39 is 5.97 Å². The van der Waals surface area contributed by atoms with Gasteiger partial charge in [-0.2, -0.15) is 0 Å². The summed E-state index contributed by atoms with van der Waals surface area (Å²) in [6, 6.07) is 0. The van der Waals surface area contributed by atoms with Gasteiger partial charge in [0.15, 0.2) is 0 Å². The zero-order valence-electron chi connectivity index (χ0n) is 10.7. The van der Waals surface area contributed by atoms with Gasteiger partial charge in [0.2, 0.25) is 5.91 Å². The minimum atomic E-state index is -0.931. The lowest BCUT2D eigenvalue weighted by Crippen LogP contribution is -2.38. The molecule has 0 spiro atoms. The van der Waals surface area contributed by atoms with Gasteiger partial charge in [-0.3, -0.25) is 9.59 Å². The first-order valence-electron chi connectivity index (χ1n) is 5.91. The first kappa shape index (κ1) is 14.4. The molecule has 17 heavy (non-hydrogen) atoms. The van der Waals surface area contributed by atoms with Gasteiger partial charge < -0.3 is 10.0 Å². The molecule has 1 aliphatic carbocycles. The van der Waals surface area contributed by atoms with Gasteiger partial charge in [0.25, 0.3) is 0 Å². The summed E-state index contributed by atoms with van der Waals surface area (Å²) in [5.41, 5.74) is 0. The van der Waals surface area contributed by atoms with Crippen LogP contribution in [0.25, 0.3) is 0 Å². The monoisotopic (exact) mass is 259 g/mol. The van der Waals surface area contributed by atoms with Crippen LogP contribution in [0, 0.1) is 5.92 Å². The molecule has 1 amide bonds. The molecule has 1 aliphatic rings.